The van der Waals surface area contributed by atoms with Gasteiger partial charge in [0.1, 0.15) is 5.78 Å². The van der Waals surface area contributed by atoms with Crippen LogP contribution in [-0.4, -0.2) is 23.9 Å². The molecule has 1 fully saturated rings. The minimum atomic E-state index is 0.137. The van der Waals surface area contributed by atoms with Gasteiger partial charge in [-0.3, -0.25) is 9.78 Å². The molecule has 2 rings (SSSR count). The molecule has 0 aromatic carbocycles. The molecule has 1 aromatic rings. The van der Waals surface area contributed by atoms with Crippen molar-refractivity contribution < 1.29 is 4.79 Å². The van der Waals surface area contributed by atoms with Crippen LogP contribution in [0, 0.1) is 5.92 Å². The molecule has 3 nitrogen and oxygen atoms in total. The molecule has 1 atom stereocenters. The first-order valence-corrected chi connectivity index (χ1v) is 5.84. The predicted molar refractivity (Wildman–Crippen MR) is 62.9 cm³/mol. The first-order chi connectivity index (χ1) is 7.16. The Balaban J connectivity index is 2.15. The van der Waals surface area contributed by atoms with Gasteiger partial charge >= 0.3 is 0 Å². The van der Waals surface area contributed by atoms with Crippen LogP contribution in [0.25, 0.3) is 0 Å². The summed E-state index contributed by atoms with van der Waals surface area (Å²) in [7, 11) is 0. The number of hydrogen-bond donors (Lipinski definition) is 0. The Kier molecular flexibility index (Phi) is 3.05. The van der Waals surface area contributed by atoms with Crippen molar-refractivity contribution in [1.29, 1.82) is 0 Å². The molecule has 1 unspecified atom stereocenters. The fraction of sp³-hybridized carbons (Fsp3) is 0.455. The van der Waals surface area contributed by atoms with Crippen LogP contribution in [0.2, 0.25) is 0 Å². The fourth-order valence-corrected chi connectivity index (χ4v) is 2.18. The zero-order valence-corrected chi connectivity index (χ0v) is 10.2. The third-order valence-corrected chi connectivity index (χ3v) is 3.16. The second-order valence-corrected chi connectivity index (χ2v) is 4.84. The number of rotatable bonds is 1. The number of anilines is 1. The van der Waals surface area contributed by atoms with Crippen molar-refractivity contribution in [2.45, 2.75) is 13.3 Å². The van der Waals surface area contributed by atoms with Crippen molar-refractivity contribution in [3.05, 3.63) is 22.9 Å². The summed E-state index contributed by atoms with van der Waals surface area (Å²) in [5.41, 5.74) is 1.09. The van der Waals surface area contributed by atoms with E-state index in [9.17, 15) is 4.79 Å². The zero-order valence-electron chi connectivity index (χ0n) is 8.61. The first kappa shape index (κ1) is 10.6. The lowest BCUT2D eigenvalue weighted by Gasteiger charge is -2.31. The topological polar surface area (TPSA) is 33.2 Å². The molecular formula is C11H13BrN2O. The highest BCUT2D eigenvalue weighted by atomic mass is 79.9. The molecule has 0 spiro atoms. The van der Waals surface area contributed by atoms with Crippen LogP contribution in [-0.2, 0) is 4.79 Å². The standard InChI is InChI=1S/C11H13BrN2O/c1-8-7-14(3-2-11(8)15)10-4-9(12)5-13-6-10/h4-6,8H,2-3,7H2,1H3. The van der Waals surface area contributed by atoms with Crippen LogP contribution in [0.3, 0.4) is 0 Å². The number of piperidine rings is 1. The number of halogens is 1. The number of hydrogen-bond acceptors (Lipinski definition) is 3. The van der Waals surface area contributed by atoms with E-state index in [1.165, 1.54) is 0 Å². The summed E-state index contributed by atoms with van der Waals surface area (Å²) in [5, 5.41) is 0. The number of Topliss-reactive ketones (excluding diaryl/α,β-unsaturated/α-hetero) is 1. The van der Waals surface area contributed by atoms with E-state index in [4.69, 9.17) is 0 Å². The average Bonchev–Trinajstić information content (AvgIpc) is 2.22. The molecule has 4 heteroatoms. The number of carbonyl (C=O) groups excluding carboxylic acids is 1. The van der Waals surface area contributed by atoms with Gasteiger partial charge in [-0.15, -0.1) is 0 Å². The third-order valence-electron chi connectivity index (χ3n) is 2.73. The SMILES string of the molecule is CC1CN(c2cncc(Br)c2)CCC1=O. The van der Waals surface area contributed by atoms with Gasteiger partial charge in [-0.2, -0.15) is 0 Å². The zero-order chi connectivity index (χ0) is 10.8. The van der Waals surface area contributed by atoms with Crippen LogP contribution in [0.15, 0.2) is 22.9 Å². The molecule has 1 saturated heterocycles. The van der Waals surface area contributed by atoms with E-state index < -0.39 is 0 Å². The summed E-state index contributed by atoms with van der Waals surface area (Å²) in [6.07, 6.45) is 4.25. The van der Waals surface area contributed by atoms with Gasteiger partial charge in [0.25, 0.3) is 0 Å². The molecule has 80 valence electrons. The van der Waals surface area contributed by atoms with E-state index in [1.807, 2.05) is 19.2 Å². The van der Waals surface area contributed by atoms with Gasteiger partial charge in [-0.05, 0) is 22.0 Å². The van der Waals surface area contributed by atoms with Gasteiger partial charge in [0.05, 0.1) is 11.9 Å². The van der Waals surface area contributed by atoms with Gasteiger partial charge < -0.3 is 4.90 Å². The summed E-state index contributed by atoms with van der Waals surface area (Å²) in [6, 6.07) is 2.04. The first-order valence-electron chi connectivity index (χ1n) is 5.05. The van der Waals surface area contributed by atoms with E-state index in [0.29, 0.717) is 12.2 Å². The lowest BCUT2D eigenvalue weighted by Crippen LogP contribution is -2.39. The Morgan fingerprint density at radius 2 is 2.33 bits per heavy atom. The lowest BCUT2D eigenvalue weighted by molar-refractivity contribution is -0.122. The van der Waals surface area contributed by atoms with E-state index in [2.05, 4.69) is 25.8 Å². The van der Waals surface area contributed by atoms with Crippen LogP contribution in [0.4, 0.5) is 5.69 Å². The number of ketones is 1. The van der Waals surface area contributed by atoms with Crippen LogP contribution in [0.5, 0.6) is 0 Å². The van der Waals surface area contributed by atoms with Gasteiger partial charge in [0.15, 0.2) is 0 Å². The average molecular weight is 269 g/mol. The van der Waals surface area contributed by atoms with E-state index >= 15 is 0 Å². The third kappa shape index (κ3) is 2.37. The Bertz CT molecular complexity index is 381. The molecule has 1 aliphatic heterocycles. The molecule has 1 aliphatic rings. The van der Waals surface area contributed by atoms with Crippen molar-refractivity contribution in [2.75, 3.05) is 18.0 Å². The summed E-state index contributed by atoms with van der Waals surface area (Å²) in [4.78, 5) is 17.7. The summed E-state index contributed by atoms with van der Waals surface area (Å²) in [5.74, 6) is 0.506. The Hall–Kier alpha value is -0.900. The van der Waals surface area contributed by atoms with E-state index in [1.54, 1.807) is 6.20 Å². The molecule has 15 heavy (non-hydrogen) atoms. The van der Waals surface area contributed by atoms with Crippen molar-refractivity contribution in [1.82, 2.24) is 4.98 Å². The molecule has 0 radical (unpaired) electrons. The Morgan fingerprint density at radius 1 is 1.53 bits per heavy atom. The quantitative estimate of drug-likeness (QED) is 0.784. The summed E-state index contributed by atoms with van der Waals surface area (Å²) < 4.78 is 0.976. The van der Waals surface area contributed by atoms with Crippen molar-refractivity contribution in [2.24, 2.45) is 5.92 Å². The van der Waals surface area contributed by atoms with Crippen molar-refractivity contribution >= 4 is 27.4 Å². The number of carbonyl (C=O) groups is 1. The molecule has 0 saturated carbocycles. The highest BCUT2D eigenvalue weighted by Crippen LogP contribution is 2.22. The fourth-order valence-electron chi connectivity index (χ4n) is 1.82. The van der Waals surface area contributed by atoms with E-state index in [0.717, 1.165) is 23.2 Å². The number of pyridine rings is 1. The van der Waals surface area contributed by atoms with Crippen LogP contribution >= 0.6 is 15.9 Å². The van der Waals surface area contributed by atoms with Gasteiger partial charge in [0, 0.05) is 36.1 Å². The Morgan fingerprint density at radius 3 is 3.00 bits per heavy atom. The molecule has 0 N–H and O–H groups in total. The molecule has 0 aliphatic carbocycles. The highest BCUT2D eigenvalue weighted by molar-refractivity contribution is 9.10. The van der Waals surface area contributed by atoms with Gasteiger partial charge in [-0.25, -0.2) is 0 Å². The number of nitrogens with zero attached hydrogens (tertiary/aromatic N) is 2. The molecular weight excluding hydrogens is 256 g/mol. The van der Waals surface area contributed by atoms with Crippen molar-refractivity contribution in [3.63, 3.8) is 0 Å². The second-order valence-electron chi connectivity index (χ2n) is 3.92. The highest BCUT2D eigenvalue weighted by Gasteiger charge is 2.23. The lowest BCUT2D eigenvalue weighted by atomic mass is 9.98. The second kappa shape index (κ2) is 4.31. The molecule has 0 bridgehead atoms. The van der Waals surface area contributed by atoms with Gasteiger partial charge in [0.2, 0.25) is 0 Å². The van der Waals surface area contributed by atoms with E-state index in [-0.39, 0.29) is 5.92 Å². The smallest absolute Gasteiger partial charge is 0.139 e. The summed E-state index contributed by atoms with van der Waals surface area (Å²) in [6.45, 7) is 3.60. The van der Waals surface area contributed by atoms with Gasteiger partial charge in [-0.1, -0.05) is 6.92 Å². The normalized spacial score (nSPS) is 21.9. The Labute approximate surface area is 97.6 Å². The van der Waals surface area contributed by atoms with Crippen molar-refractivity contribution in [3.8, 4) is 0 Å². The summed E-state index contributed by atoms with van der Waals surface area (Å²) >= 11 is 3.40. The largest absolute Gasteiger partial charge is 0.369 e. The van der Waals surface area contributed by atoms with Crippen LogP contribution in [0.1, 0.15) is 13.3 Å². The maximum Gasteiger partial charge on any atom is 0.139 e. The maximum atomic E-state index is 11.4. The monoisotopic (exact) mass is 268 g/mol. The minimum absolute atomic E-state index is 0.137. The minimum Gasteiger partial charge on any atom is -0.369 e. The number of aromatic nitrogens is 1. The predicted octanol–water partition coefficient (Wildman–Crippen LogP) is 2.26. The van der Waals surface area contributed by atoms with Crippen LogP contribution < -0.4 is 4.90 Å². The molecule has 0 amide bonds. The maximum absolute atomic E-state index is 11.4. The molecule has 1 aromatic heterocycles. The molecule has 2 heterocycles.